The minimum absolute atomic E-state index is 0.287. The van der Waals surface area contributed by atoms with Crippen molar-refractivity contribution in [2.45, 2.75) is 38.3 Å². The summed E-state index contributed by atoms with van der Waals surface area (Å²) in [5, 5.41) is 10.1. The van der Waals surface area contributed by atoms with E-state index in [2.05, 4.69) is 9.64 Å². The number of carbonyl (C=O) groups excluding carboxylic acids is 1. The van der Waals surface area contributed by atoms with Crippen molar-refractivity contribution < 1.29 is 14.6 Å². The number of esters is 1. The van der Waals surface area contributed by atoms with E-state index < -0.39 is 0 Å². The Morgan fingerprint density at radius 2 is 2.00 bits per heavy atom. The minimum atomic E-state index is -0.332. The van der Waals surface area contributed by atoms with Gasteiger partial charge in [0.05, 0.1) is 24.3 Å². The molecular formula is C15H21NO3. The van der Waals surface area contributed by atoms with Crippen molar-refractivity contribution >= 4 is 11.7 Å². The molecule has 4 nitrogen and oxygen atoms in total. The lowest BCUT2D eigenvalue weighted by Crippen LogP contribution is -2.56. The molecule has 0 radical (unpaired) electrons. The summed E-state index contributed by atoms with van der Waals surface area (Å²) >= 11 is 0. The Hall–Kier alpha value is -1.55. The second-order valence-corrected chi connectivity index (χ2v) is 5.50. The molecule has 1 heterocycles. The summed E-state index contributed by atoms with van der Waals surface area (Å²) in [4.78, 5) is 13.6. The zero-order valence-electron chi connectivity index (χ0n) is 11.7. The molecular weight excluding hydrogens is 242 g/mol. The second kappa shape index (κ2) is 5.21. The Bertz CT molecular complexity index is 453. The van der Waals surface area contributed by atoms with Gasteiger partial charge in [0.25, 0.3) is 0 Å². The van der Waals surface area contributed by atoms with E-state index in [0.717, 1.165) is 25.1 Å². The van der Waals surface area contributed by atoms with Crippen LogP contribution in [0.15, 0.2) is 24.3 Å². The maximum absolute atomic E-state index is 11.4. The van der Waals surface area contributed by atoms with Crippen molar-refractivity contribution in [2.75, 3.05) is 18.6 Å². The number of anilines is 1. The van der Waals surface area contributed by atoms with E-state index in [-0.39, 0.29) is 17.6 Å². The van der Waals surface area contributed by atoms with Crippen molar-refractivity contribution in [3.63, 3.8) is 0 Å². The Morgan fingerprint density at radius 1 is 1.37 bits per heavy atom. The molecule has 1 atom stereocenters. The molecule has 2 rings (SSSR count). The summed E-state index contributed by atoms with van der Waals surface area (Å²) in [6, 6.07) is 7.34. The normalized spacial score (nSPS) is 22.1. The van der Waals surface area contributed by atoms with E-state index in [4.69, 9.17) is 0 Å². The first-order valence-electron chi connectivity index (χ1n) is 6.61. The second-order valence-electron chi connectivity index (χ2n) is 5.50. The summed E-state index contributed by atoms with van der Waals surface area (Å²) in [5.74, 6) is -0.329. The molecule has 1 unspecified atom stereocenters. The number of methoxy groups -OCH3 is 1. The number of piperidine rings is 1. The van der Waals surface area contributed by atoms with Crippen LogP contribution in [0.5, 0.6) is 0 Å². The molecule has 1 aliphatic rings. The predicted octanol–water partition coefficient (Wildman–Crippen LogP) is 2.21. The fourth-order valence-electron chi connectivity index (χ4n) is 2.62. The smallest absolute Gasteiger partial charge is 0.337 e. The molecule has 1 fully saturated rings. The molecule has 0 aromatic heterocycles. The van der Waals surface area contributed by atoms with Crippen molar-refractivity contribution in [3.8, 4) is 0 Å². The summed E-state index contributed by atoms with van der Waals surface area (Å²) in [6.45, 7) is 5.01. The molecule has 4 heteroatoms. The van der Waals surface area contributed by atoms with Crippen LogP contribution >= 0.6 is 0 Å². The van der Waals surface area contributed by atoms with Gasteiger partial charge in [-0.25, -0.2) is 4.79 Å². The third-order valence-corrected chi connectivity index (χ3v) is 3.97. The lowest BCUT2D eigenvalue weighted by atomic mass is 9.86. The molecule has 1 N–H and O–H groups in total. The van der Waals surface area contributed by atoms with Crippen LogP contribution in [-0.4, -0.2) is 36.4 Å². The van der Waals surface area contributed by atoms with E-state index in [0.29, 0.717) is 5.56 Å². The Morgan fingerprint density at radius 3 is 2.58 bits per heavy atom. The highest BCUT2D eigenvalue weighted by Crippen LogP contribution is 2.32. The van der Waals surface area contributed by atoms with E-state index in [1.165, 1.54) is 7.11 Å². The highest BCUT2D eigenvalue weighted by atomic mass is 16.5. The van der Waals surface area contributed by atoms with E-state index in [1.807, 2.05) is 26.0 Å². The third kappa shape index (κ3) is 2.59. The van der Waals surface area contributed by atoms with Crippen LogP contribution in [0.2, 0.25) is 0 Å². The van der Waals surface area contributed by atoms with Crippen molar-refractivity contribution in [3.05, 3.63) is 29.8 Å². The first-order chi connectivity index (χ1) is 8.96. The van der Waals surface area contributed by atoms with E-state index in [1.54, 1.807) is 12.1 Å². The van der Waals surface area contributed by atoms with Crippen LogP contribution < -0.4 is 4.90 Å². The van der Waals surface area contributed by atoms with Crippen LogP contribution in [0.4, 0.5) is 5.69 Å². The quantitative estimate of drug-likeness (QED) is 0.831. The summed E-state index contributed by atoms with van der Waals surface area (Å²) in [7, 11) is 1.38. The first kappa shape index (κ1) is 13.9. The average molecular weight is 263 g/mol. The fraction of sp³-hybridized carbons (Fsp3) is 0.533. The number of ether oxygens (including phenoxy) is 1. The minimum Gasteiger partial charge on any atom is -0.465 e. The molecule has 0 aliphatic carbocycles. The maximum Gasteiger partial charge on any atom is 0.337 e. The lowest BCUT2D eigenvalue weighted by Gasteiger charge is -2.47. The van der Waals surface area contributed by atoms with Crippen molar-refractivity contribution in [1.82, 2.24) is 0 Å². The molecule has 0 bridgehead atoms. The SMILES string of the molecule is COC(=O)c1ccc(N2CCCC(O)C2(C)C)cc1. The monoisotopic (exact) mass is 263 g/mol. The van der Waals surface area contributed by atoms with Gasteiger partial charge in [-0.3, -0.25) is 0 Å². The fourth-order valence-corrected chi connectivity index (χ4v) is 2.62. The Balaban J connectivity index is 2.24. The van der Waals surface area contributed by atoms with Gasteiger partial charge in [0.2, 0.25) is 0 Å². The zero-order valence-corrected chi connectivity index (χ0v) is 11.7. The highest BCUT2D eigenvalue weighted by molar-refractivity contribution is 5.89. The molecule has 1 saturated heterocycles. The predicted molar refractivity (Wildman–Crippen MR) is 74.4 cm³/mol. The van der Waals surface area contributed by atoms with Crippen LogP contribution in [-0.2, 0) is 4.74 Å². The van der Waals surface area contributed by atoms with Crippen molar-refractivity contribution in [1.29, 1.82) is 0 Å². The maximum atomic E-state index is 11.4. The molecule has 1 aromatic rings. The summed E-state index contributed by atoms with van der Waals surface area (Å²) in [5.41, 5.74) is 1.28. The molecule has 1 aliphatic heterocycles. The number of nitrogens with zero attached hydrogens (tertiary/aromatic N) is 1. The molecule has 104 valence electrons. The van der Waals surface area contributed by atoms with E-state index >= 15 is 0 Å². The standard InChI is InChI=1S/C15H21NO3/c1-15(2)13(17)5-4-10-16(15)12-8-6-11(7-9-12)14(18)19-3/h6-9,13,17H,4-5,10H2,1-3H3. The molecule has 19 heavy (non-hydrogen) atoms. The van der Waals surface area contributed by atoms with Gasteiger partial charge >= 0.3 is 5.97 Å². The largest absolute Gasteiger partial charge is 0.465 e. The molecule has 0 spiro atoms. The first-order valence-corrected chi connectivity index (χ1v) is 6.61. The summed E-state index contributed by atoms with van der Waals surface area (Å²) in [6.07, 6.45) is 1.48. The Kier molecular flexibility index (Phi) is 3.80. The van der Waals surface area contributed by atoms with Crippen LogP contribution in [0.25, 0.3) is 0 Å². The van der Waals surface area contributed by atoms with Gasteiger partial charge in [0.15, 0.2) is 0 Å². The number of carbonyl (C=O) groups is 1. The van der Waals surface area contributed by atoms with Gasteiger partial charge in [-0.05, 0) is 51.0 Å². The van der Waals surface area contributed by atoms with Crippen LogP contribution in [0, 0.1) is 0 Å². The molecule has 0 amide bonds. The van der Waals surface area contributed by atoms with Crippen molar-refractivity contribution in [2.24, 2.45) is 0 Å². The van der Waals surface area contributed by atoms with E-state index in [9.17, 15) is 9.90 Å². The zero-order chi connectivity index (χ0) is 14.0. The number of hydrogen-bond donors (Lipinski definition) is 1. The average Bonchev–Trinajstić information content (AvgIpc) is 2.41. The lowest BCUT2D eigenvalue weighted by molar-refractivity contribution is 0.0600. The topological polar surface area (TPSA) is 49.8 Å². The highest BCUT2D eigenvalue weighted by Gasteiger charge is 2.37. The van der Waals surface area contributed by atoms with Crippen LogP contribution in [0.1, 0.15) is 37.0 Å². The van der Waals surface area contributed by atoms with Gasteiger partial charge < -0.3 is 14.7 Å². The van der Waals surface area contributed by atoms with Gasteiger partial charge in [0.1, 0.15) is 0 Å². The number of rotatable bonds is 2. The molecule has 1 aromatic carbocycles. The Labute approximate surface area is 114 Å². The van der Waals surface area contributed by atoms with Gasteiger partial charge in [-0.15, -0.1) is 0 Å². The number of hydrogen-bond acceptors (Lipinski definition) is 4. The third-order valence-electron chi connectivity index (χ3n) is 3.97. The summed E-state index contributed by atoms with van der Waals surface area (Å²) < 4.78 is 4.69. The number of benzene rings is 1. The number of aliphatic hydroxyl groups excluding tert-OH is 1. The number of aliphatic hydroxyl groups is 1. The van der Waals surface area contributed by atoms with Gasteiger partial charge in [0, 0.05) is 12.2 Å². The van der Waals surface area contributed by atoms with Gasteiger partial charge in [-0.2, -0.15) is 0 Å². The molecule has 0 saturated carbocycles. The van der Waals surface area contributed by atoms with Crippen LogP contribution in [0.3, 0.4) is 0 Å². The van der Waals surface area contributed by atoms with Gasteiger partial charge in [-0.1, -0.05) is 0 Å².